The van der Waals surface area contributed by atoms with Gasteiger partial charge >= 0.3 is 218 Å². The van der Waals surface area contributed by atoms with E-state index < -0.39 is 23.2 Å². The van der Waals surface area contributed by atoms with Crippen LogP contribution in [0.25, 0.3) is 12.2 Å². The van der Waals surface area contributed by atoms with Crippen molar-refractivity contribution in [1.82, 2.24) is 0 Å². The summed E-state index contributed by atoms with van der Waals surface area (Å²) >= 11 is 1.08. The Labute approximate surface area is 241 Å². The molecular weight excluding hydrogens is 581 g/mol. The minimum absolute atomic E-state index is 0. The van der Waals surface area contributed by atoms with Crippen molar-refractivity contribution in [3.63, 3.8) is 0 Å². The maximum atomic E-state index is 2.49. The van der Waals surface area contributed by atoms with Gasteiger partial charge in [0.05, 0.1) is 0 Å². The number of hydrogen-bond donors (Lipinski definition) is 0. The molecule has 0 fully saturated rings. The fraction of sp³-hybridized carbons (Fsp3) is 0.0968. The zero-order valence-corrected chi connectivity index (χ0v) is 24.4. The van der Waals surface area contributed by atoms with Crippen LogP contribution >= 0.6 is 11.8 Å². The fourth-order valence-electron chi connectivity index (χ4n) is 5.49. The van der Waals surface area contributed by atoms with Crippen LogP contribution in [-0.4, -0.2) is 0 Å². The summed E-state index contributed by atoms with van der Waals surface area (Å²) in [5.74, 6) is 0. The van der Waals surface area contributed by atoms with Crippen LogP contribution in [0.15, 0.2) is 112 Å². The van der Waals surface area contributed by atoms with Gasteiger partial charge in [0.1, 0.15) is 0 Å². The van der Waals surface area contributed by atoms with E-state index in [2.05, 4.69) is 121 Å². The number of benzene rings is 4. The van der Waals surface area contributed by atoms with Gasteiger partial charge in [-0.2, -0.15) is 0 Å². The van der Waals surface area contributed by atoms with Crippen LogP contribution in [0, 0.1) is 0 Å². The van der Waals surface area contributed by atoms with Crippen molar-refractivity contribution in [2.75, 3.05) is 4.90 Å². The Morgan fingerprint density at radius 3 is 2.06 bits per heavy atom. The first-order chi connectivity index (χ1) is 16.8. The molecule has 0 N–H and O–H groups in total. The van der Waals surface area contributed by atoms with Gasteiger partial charge < -0.3 is 24.8 Å². The van der Waals surface area contributed by atoms with Gasteiger partial charge in [0, 0.05) is 0 Å². The first kappa shape index (κ1) is 25.6. The summed E-state index contributed by atoms with van der Waals surface area (Å²) in [4.78, 5) is 5.12. The van der Waals surface area contributed by atoms with Gasteiger partial charge in [-0.05, 0) is 0 Å². The van der Waals surface area contributed by atoms with Crippen molar-refractivity contribution in [2.24, 2.45) is 0 Å². The van der Waals surface area contributed by atoms with Crippen LogP contribution in [0.3, 0.4) is 0 Å². The van der Waals surface area contributed by atoms with E-state index in [0.29, 0.717) is 7.25 Å². The minimum Gasteiger partial charge on any atom is -1.00 e. The van der Waals surface area contributed by atoms with Crippen molar-refractivity contribution in [1.29, 1.82) is 0 Å². The number of fused-ring (bicyclic) bond motifs is 4. The first-order valence-electron chi connectivity index (χ1n) is 11.8. The van der Waals surface area contributed by atoms with Crippen LogP contribution in [0.2, 0.25) is 0 Å². The molecule has 0 aromatic heterocycles. The third kappa shape index (κ3) is 4.15. The summed E-state index contributed by atoms with van der Waals surface area (Å²) in [7, 11) is 0. The van der Waals surface area contributed by atoms with Crippen molar-refractivity contribution in [3.8, 4) is 0 Å². The Morgan fingerprint density at radius 2 is 1.31 bits per heavy atom. The van der Waals surface area contributed by atoms with E-state index in [-0.39, 0.29) is 24.8 Å². The molecule has 0 spiro atoms. The number of hydrogen-bond acceptors (Lipinski definition) is 2. The topological polar surface area (TPSA) is 3.24 Å². The molecule has 0 bridgehead atoms. The van der Waals surface area contributed by atoms with E-state index in [0.717, 1.165) is 0 Å². The van der Waals surface area contributed by atoms with Gasteiger partial charge in [-0.1, -0.05) is 0 Å². The monoisotopic (exact) mass is 601 g/mol. The number of anilines is 3. The number of rotatable bonds is 3. The Bertz CT molecular complexity index is 1470. The number of para-hydroxylation sites is 2. The standard InChI is InChI=1S/C22H16NS.C9H7.2ClH.Zr/c1-15-13-16-7-6-10-18(17(16)14-15)23-19-8-2-4-11-21(19)24-22-12-5-3-9-20(22)23;1-2-5-9-7-3-6-8(9)4-1;;;/h2-14H,1H3;1-7H;2*1H;/q;;;;+2/p-2. The van der Waals surface area contributed by atoms with E-state index in [4.69, 9.17) is 0 Å². The molecule has 36 heavy (non-hydrogen) atoms. The van der Waals surface area contributed by atoms with E-state index in [9.17, 15) is 0 Å². The molecule has 7 rings (SSSR count). The van der Waals surface area contributed by atoms with E-state index >= 15 is 0 Å². The van der Waals surface area contributed by atoms with Gasteiger partial charge in [-0.3, -0.25) is 0 Å². The van der Waals surface area contributed by atoms with Gasteiger partial charge in [0.15, 0.2) is 0 Å². The summed E-state index contributed by atoms with van der Waals surface area (Å²) < 4.78 is 1.26. The van der Waals surface area contributed by atoms with Crippen molar-refractivity contribution >= 4 is 41.0 Å². The van der Waals surface area contributed by atoms with Gasteiger partial charge in [-0.25, -0.2) is 0 Å². The summed E-state index contributed by atoms with van der Waals surface area (Å²) in [6, 6.07) is 33.6. The summed E-state index contributed by atoms with van der Waals surface area (Å²) in [5.41, 5.74) is 11.3. The van der Waals surface area contributed by atoms with Crippen LogP contribution in [0.1, 0.15) is 36.4 Å². The Balaban J connectivity index is 0.00000133. The number of halogens is 2. The van der Waals surface area contributed by atoms with Gasteiger partial charge in [-0.15, -0.1) is 0 Å². The van der Waals surface area contributed by atoms with Crippen LogP contribution in [-0.2, 0) is 23.2 Å². The second-order valence-corrected chi connectivity index (χ2v) is 14.0. The Morgan fingerprint density at radius 1 is 0.694 bits per heavy atom. The molecule has 2 atom stereocenters. The molecule has 0 saturated carbocycles. The molecule has 3 aliphatic rings. The largest absolute Gasteiger partial charge is 1.00 e. The molecule has 1 aliphatic heterocycles. The quantitative estimate of drug-likeness (QED) is 0.312. The van der Waals surface area contributed by atoms with Gasteiger partial charge in [0.25, 0.3) is 0 Å². The predicted molar refractivity (Wildman–Crippen MR) is 140 cm³/mol. The van der Waals surface area contributed by atoms with Crippen molar-refractivity contribution < 1.29 is 48.0 Å². The van der Waals surface area contributed by atoms with Crippen molar-refractivity contribution in [2.45, 2.75) is 24.0 Å². The molecule has 1 heterocycles. The number of nitrogens with zero attached hydrogens (tertiary/aromatic N) is 1. The molecule has 2 aliphatic carbocycles. The smallest absolute Gasteiger partial charge is 1.00 e. The molecule has 176 valence electrons. The normalized spacial score (nSPS) is 18.0. The van der Waals surface area contributed by atoms with Gasteiger partial charge in [0.2, 0.25) is 0 Å². The molecule has 5 heteroatoms. The summed E-state index contributed by atoms with van der Waals surface area (Å²) in [6.45, 7) is 2.35. The third-order valence-electron chi connectivity index (χ3n) is 7.07. The zero-order valence-electron chi connectivity index (χ0n) is 19.7. The first-order valence-corrected chi connectivity index (χ1v) is 15.4. The summed E-state index contributed by atoms with van der Waals surface area (Å²) in [5, 5.41) is 0. The van der Waals surface area contributed by atoms with Crippen LogP contribution < -0.4 is 29.7 Å². The second-order valence-electron chi connectivity index (χ2n) is 9.11. The van der Waals surface area contributed by atoms with E-state index in [1.165, 1.54) is 43.5 Å². The fourth-order valence-corrected chi connectivity index (χ4v) is 10.9. The average molecular weight is 604 g/mol. The molecule has 2 unspecified atom stereocenters. The SMILES string of the molecule is CC1=Cc2c(cccc2N2c3ccccc3Sc3ccccc32)[CH]1[Zr+2][CH]1C=Cc2ccccc21.[Cl-].[Cl-]. The zero-order chi connectivity index (χ0) is 22.6. The molecule has 1 nitrogen and oxygen atoms in total. The molecule has 0 amide bonds. The minimum atomic E-state index is -0.791. The molecule has 4 aromatic carbocycles. The third-order valence-corrected chi connectivity index (χ3v) is 13.0. The van der Waals surface area contributed by atoms with Crippen molar-refractivity contribution in [3.05, 3.63) is 125 Å². The molecule has 0 saturated heterocycles. The summed E-state index contributed by atoms with van der Waals surface area (Å²) in [6.07, 6.45) is 7.29. The molecular formula is C31H23Cl2NSZr. The van der Waals surface area contributed by atoms with Crippen LogP contribution in [0.4, 0.5) is 17.1 Å². The molecule has 0 radical (unpaired) electrons. The van der Waals surface area contributed by atoms with Crippen LogP contribution in [0.5, 0.6) is 0 Å². The predicted octanol–water partition coefficient (Wildman–Crippen LogP) is 2.94. The Kier molecular flexibility index (Phi) is 7.39. The Hall–Kier alpha value is -2.03. The number of allylic oxidation sites excluding steroid dienone is 2. The maximum absolute atomic E-state index is 2.49. The average Bonchev–Trinajstić information content (AvgIpc) is 3.43. The second kappa shape index (κ2) is 10.4. The van der Waals surface area contributed by atoms with E-state index in [1.54, 1.807) is 11.1 Å². The van der Waals surface area contributed by atoms with E-state index in [1.807, 2.05) is 11.8 Å². The molecule has 4 aromatic rings. The maximum Gasteiger partial charge on any atom is -1.00 e.